The van der Waals surface area contributed by atoms with Crippen molar-refractivity contribution in [2.45, 2.75) is 13.8 Å². The van der Waals surface area contributed by atoms with E-state index in [1.165, 1.54) is 0 Å². The van der Waals surface area contributed by atoms with Crippen LogP contribution in [0.1, 0.15) is 16.8 Å². The summed E-state index contributed by atoms with van der Waals surface area (Å²) in [6.45, 7) is 6.45. The number of nitriles is 1. The molecule has 0 amide bonds. The molecule has 2 rings (SSSR count). The van der Waals surface area contributed by atoms with Gasteiger partial charge in [0.15, 0.2) is 0 Å². The third-order valence-corrected chi connectivity index (χ3v) is 3.33. The van der Waals surface area contributed by atoms with E-state index in [4.69, 9.17) is 4.74 Å². The summed E-state index contributed by atoms with van der Waals surface area (Å²) in [5.41, 5.74) is 2.46. The van der Waals surface area contributed by atoms with Crippen molar-refractivity contribution in [1.29, 1.82) is 5.26 Å². The number of hydrogen-bond donors (Lipinski definition) is 1. The van der Waals surface area contributed by atoms with E-state index in [2.05, 4.69) is 11.1 Å². The largest absolute Gasteiger partial charge is 0.396 e. The molecule has 19 heavy (non-hydrogen) atoms. The maximum atomic E-state index is 9.32. The quantitative estimate of drug-likeness (QED) is 0.860. The summed E-state index contributed by atoms with van der Waals surface area (Å²) >= 11 is 0. The number of aliphatic hydroxyl groups excluding tert-OH is 1. The molecule has 5 nitrogen and oxygen atoms in total. The Kier molecular flexibility index (Phi) is 4.35. The fraction of sp³-hybridized carbons (Fsp3) is 0.571. The third-order valence-electron chi connectivity index (χ3n) is 3.33. The van der Waals surface area contributed by atoms with E-state index < -0.39 is 0 Å². The molecule has 1 aromatic rings. The van der Waals surface area contributed by atoms with E-state index in [0.717, 1.165) is 11.3 Å². The molecule has 0 bridgehead atoms. The molecule has 1 aliphatic heterocycles. The third kappa shape index (κ3) is 3.03. The molecule has 0 spiro atoms. The highest BCUT2D eigenvalue weighted by Crippen LogP contribution is 2.23. The first-order valence-corrected chi connectivity index (χ1v) is 6.47. The predicted molar refractivity (Wildman–Crippen MR) is 72.0 cm³/mol. The van der Waals surface area contributed by atoms with E-state index >= 15 is 0 Å². The van der Waals surface area contributed by atoms with Gasteiger partial charge >= 0.3 is 0 Å². The lowest BCUT2D eigenvalue weighted by molar-refractivity contribution is 0.0959. The molecule has 1 N–H and O–H groups in total. The highest BCUT2D eigenvalue weighted by atomic mass is 16.5. The number of hydrogen-bond acceptors (Lipinski definition) is 5. The summed E-state index contributed by atoms with van der Waals surface area (Å²) in [5, 5.41) is 18.6. The first-order chi connectivity index (χ1) is 9.15. The molecule has 0 aliphatic carbocycles. The summed E-state index contributed by atoms with van der Waals surface area (Å²) in [7, 11) is 0. The Morgan fingerprint density at radius 3 is 3.05 bits per heavy atom. The van der Waals surface area contributed by atoms with Crippen molar-refractivity contribution < 1.29 is 9.84 Å². The number of nitrogens with zero attached hydrogens (tertiary/aromatic N) is 3. The number of pyridine rings is 1. The smallest absolute Gasteiger partial charge is 0.147 e. The lowest BCUT2D eigenvalue weighted by Gasteiger charge is -2.25. The summed E-state index contributed by atoms with van der Waals surface area (Å²) < 4.78 is 5.47. The molecule has 5 heteroatoms. The summed E-state index contributed by atoms with van der Waals surface area (Å²) in [4.78, 5) is 6.55. The van der Waals surface area contributed by atoms with Crippen LogP contribution >= 0.6 is 0 Å². The van der Waals surface area contributed by atoms with Crippen LogP contribution in [0.3, 0.4) is 0 Å². The van der Waals surface area contributed by atoms with Gasteiger partial charge in [-0.15, -0.1) is 0 Å². The normalized spacial score (nSPS) is 19.9. The molecule has 1 saturated heterocycles. The minimum absolute atomic E-state index is 0.0664. The number of aryl methyl sites for hydroxylation is 2. The van der Waals surface area contributed by atoms with Crippen LogP contribution in [0.5, 0.6) is 0 Å². The zero-order valence-corrected chi connectivity index (χ0v) is 11.4. The van der Waals surface area contributed by atoms with Gasteiger partial charge in [-0.2, -0.15) is 5.26 Å². The first-order valence-electron chi connectivity index (χ1n) is 6.47. The van der Waals surface area contributed by atoms with Crippen molar-refractivity contribution in [2.75, 3.05) is 37.8 Å². The summed E-state index contributed by atoms with van der Waals surface area (Å²) in [6, 6.07) is 4.15. The Labute approximate surface area is 113 Å². The standard InChI is InChI=1S/C14H19N3O2/c1-10-5-11(2)16-14(13(10)6-15)17-3-4-19-9-12(7-17)8-18/h5,12,18H,3-4,7-9H2,1-2H3. The van der Waals surface area contributed by atoms with Crippen LogP contribution in [-0.2, 0) is 4.74 Å². The van der Waals surface area contributed by atoms with Crippen molar-refractivity contribution in [3.05, 3.63) is 22.9 Å². The van der Waals surface area contributed by atoms with Crippen molar-refractivity contribution in [3.8, 4) is 6.07 Å². The number of anilines is 1. The molecule has 102 valence electrons. The van der Waals surface area contributed by atoms with Crippen molar-refractivity contribution in [2.24, 2.45) is 5.92 Å². The van der Waals surface area contributed by atoms with Gasteiger partial charge in [0, 0.05) is 31.3 Å². The Morgan fingerprint density at radius 1 is 1.58 bits per heavy atom. The minimum atomic E-state index is 0.0664. The van der Waals surface area contributed by atoms with Gasteiger partial charge in [0.2, 0.25) is 0 Å². The molecule has 0 aromatic carbocycles. The molecule has 1 unspecified atom stereocenters. The minimum Gasteiger partial charge on any atom is -0.396 e. The zero-order chi connectivity index (χ0) is 13.8. The molecule has 1 aliphatic rings. The molecule has 1 aromatic heterocycles. The van der Waals surface area contributed by atoms with E-state index in [-0.39, 0.29) is 12.5 Å². The molecular formula is C14H19N3O2. The highest BCUT2D eigenvalue weighted by molar-refractivity contribution is 5.58. The molecule has 2 heterocycles. The van der Waals surface area contributed by atoms with Gasteiger partial charge in [0.05, 0.1) is 18.8 Å². The average molecular weight is 261 g/mol. The first kappa shape index (κ1) is 13.8. The Balaban J connectivity index is 2.37. The number of rotatable bonds is 2. The van der Waals surface area contributed by atoms with Gasteiger partial charge in [0.25, 0.3) is 0 Å². The topological polar surface area (TPSA) is 69.4 Å². The second-order valence-corrected chi connectivity index (χ2v) is 4.96. The molecule has 0 radical (unpaired) electrons. The van der Waals surface area contributed by atoms with E-state index in [1.54, 1.807) is 0 Å². The Bertz CT molecular complexity index is 496. The Hall–Kier alpha value is -1.64. The van der Waals surface area contributed by atoms with Crippen LogP contribution in [0.4, 0.5) is 5.82 Å². The fourth-order valence-corrected chi connectivity index (χ4v) is 2.37. The molecule has 1 atom stereocenters. The second-order valence-electron chi connectivity index (χ2n) is 4.96. The van der Waals surface area contributed by atoms with E-state index in [9.17, 15) is 10.4 Å². The number of aliphatic hydroxyl groups is 1. The molecule has 0 saturated carbocycles. The van der Waals surface area contributed by atoms with Crippen LogP contribution in [0.25, 0.3) is 0 Å². The number of ether oxygens (including phenoxy) is 1. The highest BCUT2D eigenvalue weighted by Gasteiger charge is 2.22. The molecular weight excluding hydrogens is 242 g/mol. The van der Waals surface area contributed by atoms with Gasteiger partial charge in [0.1, 0.15) is 11.9 Å². The lowest BCUT2D eigenvalue weighted by Crippen LogP contribution is -2.33. The van der Waals surface area contributed by atoms with E-state index in [1.807, 2.05) is 24.8 Å². The maximum absolute atomic E-state index is 9.32. The van der Waals surface area contributed by atoms with Crippen molar-refractivity contribution in [3.63, 3.8) is 0 Å². The lowest BCUT2D eigenvalue weighted by atomic mass is 10.1. The van der Waals surface area contributed by atoms with Crippen molar-refractivity contribution >= 4 is 5.82 Å². The van der Waals surface area contributed by atoms with Gasteiger partial charge in [-0.3, -0.25) is 0 Å². The van der Waals surface area contributed by atoms with Gasteiger partial charge in [-0.25, -0.2) is 4.98 Å². The fourth-order valence-electron chi connectivity index (χ4n) is 2.37. The van der Waals surface area contributed by atoms with Gasteiger partial charge in [-0.05, 0) is 25.5 Å². The van der Waals surface area contributed by atoms with Crippen LogP contribution < -0.4 is 4.90 Å². The van der Waals surface area contributed by atoms with Gasteiger partial charge in [-0.1, -0.05) is 0 Å². The van der Waals surface area contributed by atoms with E-state index in [0.29, 0.717) is 37.7 Å². The monoisotopic (exact) mass is 261 g/mol. The summed E-state index contributed by atoms with van der Waals surface area (Å²) in [5.74, 6) is 0.778. The van der Waals surface area contributed by atoms with Crippen LogP contribution in [0.2, 0.25) is 0 Å². The van der Waals surface area contributed by atoms with Crippen LogP contribution in [0.15, 0.2) is 6.07 Å². The second kappa shape index (κ2) is 6.00. The average Bonchev–Trinajstić information content (AvgIpc) is 2.63. The van der Waals surface area contributed by atoms with Gasteiger partial charge < -0.3 is 14.7 Å². The zero-order valence-electron chi connectivity index (χ0n) is 11.4. The van der Waals surface area contributed by atoms with Crippen molar-refractivity contribution in [1.82, 2.24) is 4.98 Å². The summed E-state index contributed by atoms with van der Waals surface area (Å²) in [6.07, 6.45) is 0. The van der Waals surface area contributed by atoms with Crippen LogP contribution in [0, 0.1) is 31.1 Å². The maximum Gasteiger partial charge on any atom is 0.147 e. The Morgan fingerprint density at radius 2 is 2.37 bits per heavy atom. The molecule has 1 fully saturated rings. The number of aromatic nitrogens is 1. The predicted octanol–water partition coefficient (Wildman–Crippen LogP) is 1.02. The SMILES string of the molecule is Cc1cc(C)c(C#N)c(N2CCOCC(CO)C2)n1. The van der Waals surface area contributed by atoms with Crippen LogP contribution in [-0.4, -0.2) is 43.0 Å².